The van der Waals surface area contributed by atoms with E-state index in [1.54, 1.807) is 7.05 Å². The molecule has 2 fully saturated rings. The van der Waals surface area contributed by atoms with Gasteiger partial charge in [-0.15, -0.1) is 0 Å². The zero-order chi connectivity index (χ0) is 21.8. The first-order valence-electron chi connectivity index (χ1n) is 10.2. The zero-order valence-corrected chi connectivity index (χ0v) is 16.9. The summed E-state index contributed by atoms with van der Waals surface area (Å²) in [5, 5.41) is 0. The van der Waals surface area contributed by atoms with E-state index in [1.165, 1.54) is 41.4 Å². The van der Waals surface area contributed by atoms with Gasteiger partial charge in [0.25, 0.3) is 5.88 Å². The molecule has 3 heterocycles. The Kier molecular flexibility index (Phi) is 4.65. The van der Waals surface area contributed by atoms with E-state index in [0.717, 1.165) is 12.8 Å². The number of aliphatic imine (C=N–C) groups is 1. The molecule has 0 spiro atoms. The Hall–Kier alpha value is -3.07. The largest absolute Gasteiger partial charge is 0.436 e. The minimum atomic E-state index is -1.31. The number of hydrogen-bond donors (Lipinski definition) is 1. The Morgan fingerprint density at radius 1 is 1.26 bits per heavy atom. The molecule has 1 aromatic carbocycles. The van der Waals surface area contributed by atoms with Crippen LogP contribution in [0.1, 0.15) is 24.8 Å². The van der Waals surface area contributed by atoms with Gasteiger partial charge in [0.2, 0.25) is 5.91 Å². The van der Waals surface area contributed by atoms with E-state index in [9.17, 15) is 9.18 Å². The Morgan fingerprint density at radius 3 is 2.81 bits per heavy atom. The number of aromatic nitrogens is 1. The van der Waals surface area contributed by atoms with Crippen molar-refractivity contribution in [2.24, 2.45) is 22.6 Å². The van der Waals surface area contributed by atoms with Gasteiger partial charge in [-0.25, -0.2) is 18.8 Å². The Balaban J connectivity index is 1.57. The monoisotopic (exact) mass is 428 g/mol. The highest BCUT2D eigenvalue weighted by Crippen LogP contribution is 2.50. The van der Waals surface area contributed by atoms with Crippen LogP contribution in [0.25, 0.3) is 0 Å². The lowest BCUT2D eigenvalue weighted by molar-refractivity contribution is -0.146. The number of pyridine rings is 1. The molecule has 31 heavy (non-hydrogen) atoms. The second kappa shape index (κ2) is 7.26. The standard InChI is InChI=1S/C22H22F2N4O3/c1-28-20(29)15-10-18(12-4-5-12)30-11-22(15,27-21(28)25)14-9-13(6-7-16(14)23)31-19-17(24)3-2-8-26-19/h2-3,6-9,12,15,18H,4-5,10-11H2,1H3,(H2,25,27)/t15-,18+,22+/m0/s1. The highest BCUT2D eigenvalue weighted by Gasteiger charge is 2.56. The van der Waals surface area contributed by atoms with Gasteiger partial charge in [0, 0.05) is 18.8 Å². The van der Waals surface area contributed by atoms with Crippen molar-refractivity contribution in [3.8, 4) is 11.6 Å². The highest BCUT2D eigenvalue weighted by atomic mass is 19.1. The van der Waals surface area contributed by atoms with E-state index in [2.05, 4.69) is 9.98 Å². The minimum absolute atomic E-state index is 0.00351. The number of carbonyl (C=O) groups excluding carboxylic acids is 1. The summed E-state index contributed by atoms with van der Waals surface area (Å²) in [7, 11) is 1.56. The van der Waals surface area contributed by atoms with Crippen LogP contribution in [0.3, 0.4) is 0 Å². The first-order valence-corrected chi connectivity index (χ1v) is 10.2. The van der Waals surface area contributed by atoms with Crippen LogP contribution >= 0.6 is 0 Å². The van der Waals surface area contributed by atoms with Crippen LogP contribution in [0.15, 0.2) is 41.5 Å². The summed E-state index contributed by atoms with van der Waals surface area (Å²) in [5.41, 5.74) is 4.84. The molecule has 1 aromatic heterocycles. The van der Waals surface area contributed by atoms with Crippen molar-refractivity contribution in [3.05, 3.63) is 53.7 Å². The average Bonchev–Trinajstić information content (AvgIpc) is 3.60. The fourth-order valence-corrected chi connectivity index (χ4v) is 4.45. The van der Waals surface area contributed by atoms with Gasteiger partial charge in [0.1, 0.15) is 17.1 Å². The smallest absolute Gasteiger partial charge is 0.255 e. The molecule has 1 saturated heterocycles. The zero-order valence-electron chi connectivity index (χ0n) is 16.9. The van der Waals surface area contributed by atoms with Crippen molar-refractivity contribution in [2.45, 2.75) is 30.9 Å². The predicted molar refractivity (Wildman–Crippen MR) is 107 cm³/mol. The lowest BCUT2D eigenvalue weighted by Gasteiger charge is -2.47. The second-order valence-electron chi connectivity index (χ2n) is 8.30. The minimum Gasteiger partial charge on any atom is -0.436 e. The molecular weight excluding hydrogens is 406 g/mol. The number of fused-ring (bicyclic) bond motifs is 1. The van der Waals surface area contributed by atoms with Gasteiger partial charge in [-0.05, 0) is 55.5 Å². The summed E-state index contributed by atoms with van der Waals surface area (Å²) in [6.07, 6.45) is 3.89. The molecule has 2 N–H and O–H groups in total. The number of amides is 1. The highest BCUT2D eigenvalue weighted by molar-refractivity contribution is 6.00. The summed E-state index contributed by atoms with van der Waals surface area (Å²) >= 11 is 0. The third-order valence-electron chi connectivity index (χ3n) is 6.34. The molecule has 1 saturated carbocycles. The van der Waals surface area contributed by atoms with Crippen molar-refractivity contribution < 1.29 is 23.0 Å². The molecule has 7 nitrogen and oxygen atoms in total. The average molecular weight is 428 g/mol. The van der Waals surface area contributed by atoms with Crippen molar-refractivity contribution in [3.63, 3.8) is 0 Å². The molecule has 5 rings (SSSR count). The lowest BCUT2D eigenvalue weighted by Crippen LogP contribution is -2.60. The number of halogens is 2. The summed E-state index contributed by atoms with van der Waals surface area (Å²) in [6, 6.07) is 6.67. The number of guanidine groups is 1. The molecule has 0 radical (unpaired) electrons. The summed E-state index contributed by atoms with van der Waals surface area (Å²) in [4.78, 5) is 22.9. The van der Waals surface area contributed by atoms with Crippen LogP contribution in [-0.4, -0.2) is 41.5 Å². The van der Waals surface area contributed by atoms with Crippen LogP contribution < -0.4 is 10.5 Å². The van der Waals surface area contributed by atoms with Crippen molar-refractivity contribution in [1.82, 2.24) is 9.88 Å². The fraction of sp³-hybridized carbons (Fsp3) is 0.409. The van der Waals surface area contributed by atoms with Crippen molar-refractivity contribution >= 4 is 11.9 Å². The van der Waals surface area contributed by atoms with Gasteiger partial charge in [0.05, 0.1) is 18.6 Å². The van der Waals surface area contributed by atoms with Crippen molar-refractivity contribution in [2.75, 3.05) is 13.7 Å². The summed E-state index contributed by atoms with van der Waals surface area (Å²) in [5.74, 6) is -1.70. The number of rotatable bonds is 4. The third-order valence-corrected chi connectivity index (χ3v) is 6.34. The van der Waals surface area contributed by atoms with Gasteiger partial charge >= 0.3 is 0 Å². The van der Waals surface area contributed by atoms with E-state index in [4.69, 9.17) is 15.2 Å². The van der Waals surface area contributed by atoms with E-state index >= 15 is 4.39 Å². The van der Waals surface area contributed by atoms with E-state index < -0.39 is 23.1 Å². The molecule has 9 heteroatoms. The Bertz CT molecular complexity index is 1070. The van der Waals surface area contributed by atoms with Crippen LogP contribution in [0, 0.1) is 23.5 Å². The molecule has 0 bridgehead atoms. The fourth-order valence-electron chi connectivity index (χ4n) is 4.45. The SMILES string of the molecule is CN1C(=O)[C@@H]2C[C@H](C3CC3)OC[C@]2(c2cc(Oc3ncccc3F)ccc2F)N=C1N. The van der Waals surface area contributed by atoms with Gasteiger partial charge in [0.15, 0.2) is 11.8 Å². The van der Waals surface area contributed by atoms with Crippen molar-refractivity contribution in [1.29, 1.82) is 0 Å². The van der Waals surface area contributed by atoms with E-state index in [-0.39, 0.29) is 41.8 Å². The Morgan fingerprint density at radius 2 is 2.06 bits per heavy atom. The first-order chi connectivity index (χ1) is 14.9. The number of carbonyl (C=O) groups is 1. The maximum Gasteiger partial charge on any atom is 0.255 e. The summed E-state index contributed by atoms with van der Waals surface area (Å²) < 4.78 is 40.7. The molecule has 3 atom stereocenters. The maximum atomic E-state index is 15.1. The van der Waals surface area contributed by atoms with Crippen LogP contribution in [0.5, 0.6) is 11.6 Å². The van der Waals surface area contributed by atoms with Crippen LogP contribution in [0.2, 0.25) is 0 Å². The van der Waals surface area contributed by atoms with Gasteiger partial charge in [-0.1, -0.05) is 0 Å². The Labute approximate surface area is 177 Å². The number of benzene rings is 1. The lowest BCUT2D eigenvalue weighted by atomic mass is 9.72. The molecule has 0 unspecified atom stereocenters. The number of hydrogen-bond acceptors (Lipinski definition) is 6. The quantitative estimate of drug-likeness (QED) is 0.809. The molecule has 2 aliphatic heterocycles. The molecule has 3 aliphatic rings. The van der Waals surface area contributed by atoms with Gasteiger partial charge in [-0.3, -0.25) is 9.69 Å². The first kappa shape index (κ1) is 19.9. The van der Waals surface area contributed by atoms with E-state index in [0.29, 0.717) is 12.3 Å². The normalized spacial score (nSPS) is 28.2. The second-order valence-corrected chi connectivity index (χ2v) is 8.30. The molecule has 162 valence electrons. The number of nitrogens with two attached hydrogens (primary N) is 1. The molecule has 1 amide bonds. The maximum absolute atomic E-state index is 15.1. The van der Waals surface area contributed by atoms with Gasteiger partial charge in [-0.2, -0.15) is 0 Å². The van der Waals surface area contributed by atoms with Gasteiger partial charge < -0.3 is 15.2 Å². The van der Waals surface area contributed by atoms with Crippen LogP contribution in [0.4, 0.5) is 8.78 Å². The molecule has 1 aliphatic carbocycles. The molecule has 2 aromatic rings. The number of ether oxygens (including phenoxy) is 2. The number of nitrogens with zero attached hydrogens (tertiary/aromatic N) is 3. The predicted octanol–water partition coefficient (Wildman–Crippen LogP) is 2.95. The van der Waals surface area contributed by atoms with E-state index in [1.807, 2.05) is 0 Å². The third kappa shape index (κ3) is 3.33. The van der Waals surface area contributed by atoms with Crippen LogP contribution in [-0.2, 0) is 15.1 Å². The molecular formula is C22H22F2N4O3. The topological polar surface area (TPSA) is 90.0 Å². The summed E-state index contributed by atoms with van der Waals surface area (Å²) in [6.45, 7) is 0.0252.